The Hall–Kier alpha value is -0.830. The van der Waals surface area contributed by atoms with Crippen LogP contribution in [0.15, 0.2) is 12.2 Å². The summed E-state index contributed by atoms with van der Waals surface area (Å²) in [5.41, 5.74) is 6.43. The molecule has 0 bridgehead atoms. The maximum Gasteiger partial charge on any atom is 0.226 e. The van der Waals surface area contributed by atoms with Crippen molar-refractivity contribution < 1.29 is 4.79 Å². The Kier molecular flexibility index (Phi) is 5.39. The van der Waals surface area contributed by atoms with Crippen molar-refractivity contribution in [1.82, 2.24) is 4.90 Å². The summed E-state index contributed by atoms with van der Waals surface area (Å²) in [6.45, 7) is 11.3. The molecule has 1 unspecified atom stereocenters. The zero-order chi connectivity index (χ0) is 10.4. The minimum atomic E-state index is -0.0840. The molecule has 0 spiro atoms. The normalized spacial score (nSPS) is 12.3. The van der Waals surface area contributed by atoms with Crippen LogP contribution >= 0.6 is 0 Å². The van der Waals surface area contributed by atoms with Gasteiger partial charge >= 0.3 is 0 Å². The lowest BCUT2D eigenvalue weighted by Gasteiger charge is -2.23. The lowest BCUT2D eigenvalue weighted by Crippen LogP contribution is -2.38. The van der Waals surface area contributed by atoms with E-state index >= 15 is 0 Å². The smallest absolute Gasteiger partial charge is 0.226 e. The summed E-state index contributed by atoms with van der Waals surface area (Å²) in [4.78, 5) is 13.4. The molecule has 0 aliphatic carbocycles. The predicted octanol–water partition coefficient (Wildman–Crippen LogP) is 1.01. The summed E-state index contributed by atoms with van der Waals surface area (Å²) in [6.07, 6.45) is 0. The number of hydrogen-bond acceptors (Lipinski definition) is 2. The molecule has 1 amide bonds. The molecule has 0 aliphatic rings. The van der Waals surface area contributed by atoms with Gasteiger partial charge in [-0.15, -0.1) is 0 Å². The number of nitrogens with two attached hydrogens (primary N) is 1. The largest absolute Gasteiger partial charge is 0.339 e. The first kappa shape index (κ1) is 12.2. The highest BCUT2D eigenvalue weighted by atomic mass is 16.2. The third-order valence-electron chi connectivity index (χ3n) is 1.93. The third-order valence-corrected chi connectivity index (χ3v) is 1.93. The maximum absolute atomic E-state index is 11.6. The number of carbonyl (C=O) groups is 1. The molecule has 3 nitrogen and oxygen atoms in total. The molecule has 2 N–H and O–H groups in total. The van der Waals surface area contributed by atoms with Gasteiger partial charge in [-0.1, -0.05) is 19.1 Å². The minimum Gasteiger partial charge on any atom is -0.339 e. The predicted molar refractivity (Wildman–Crippen MR) is 55.3 cm³/mol. The lowest BCUT2D eigenvalue weighted by atomic mass is 10.1. The van der Waals surface area contributed by atoms with Gasteiger partial charge in [0, 0.05) is 25.6 Å². The minimum absolute atomic E-state index is 0.0840. The fraction of sp³-hybridized carbons (Fsp3) is 0.700. The Labute approximate surface area is 80.6 Å². The van der Waals surface area contributed by atoms with Crippen LogP contribution in [0.3, 0.4) is 0 Å². The van der Waals surface area contributed by atoms with Crippen molar-refractivity contribution in [2.75, 3.05) is 19.6 Å². The van der Waals surface area contributed by atoms with E-state index in [9.17, 15) is 4.79 Å². The topological polar surface area (TPSA) is 46.3 Å². The molecular formula is C10H20N2O. The third kappa shape index (κ3) is 4.08. The lowest BCUT2D eigenvalue weighted by molar-refractivity contribution is -0.134. The summed E-state index contributed by atoms with van der Waals surface area (Å²) in [5, 5.41) is 0. The highest BCUT2D eigenvalue weighted by Crippen LogP contribution is 2.03. The van der Waals surface area contributed by atoms with Gasteiger partial charge in [0.2, 0.25) is 5.91 Å². The van der Waals surface area contributed by atoms with Crippen LogP contribution in [-0.2, 0) is 4.79 Å². The fourth-order valence-corrected chi connectivity index (χ4v) is 1.08. The van der Waals surface area contributed by atoms with Crippen LogP contribution in [0.5, 0.6) is 0 Å². The van der Waals surface area contributed by atoms with Crippen molar-refractivity contribution >= 4 is 5.91 Å². The SMILES string of the molecule is C=C(C)CN(CC)C(=O)C(C)CN. The number of likely N-dealkylation sites (N-methyl/N-ethyl adjacent to an activating group) is 1. The van der Waals surface area contributed by atoms with E-state index in [1.54, 1.807) is 4.90 Å². The fourth-order valence-electron chi connectivity index (χ4n) is 1.08. The quantitative estimate of drug-likeness (QED) is 0.648. The number of nitrogens with zero attached hydrogens (tertiary/aromatic N) is 1. The standard InChI is InChI=1S/C10H20N2O/c1-5-12(7-8(2)3)10(13)9(4)6-11/h9H,2,5-7,11H2,1,3-4H3. The number of hydrogen-bond donors (Lipinski definition) is 1. The van der Waals surface area contributed by atoms with E-state index < -0.39 is 0 Å². The maximum atomic E-state index is 11.6. The first-order valence-electron chi connectivity index (χ1n) is 4.66. The van der Waals surface area contributed by atoms with Gasteiger partial charge in [0.25, 0.3) is 0 Å². The number of carbonyl (C=O) groups excluding carboxylic acids is 1. The second kappa shape index (κ2) is 5.75. The van der Waals surface area contributed by atoms with Crippen LogP contribution in [0.25, 0.3) is 0 Å². The summed E-state index contributed by atoms with van der Waals surface area (Å²) in [5.74, 6) is 0.0345. The summed E-state index contributed by atoms with van der Waals surface area (Å²) in [6, 6.07) is 0. The number of rotatable bonds is 5. The first-order chi connectivity index (χ1) is 6.02. The molecule has 0 aromatic carbocycles. The highest BCUT2D eigenvalue weighted by Gasteiger charge is 2.17. The monoisotopic (exact) mass is 184 g/mol. The molecule has 0 fully saturated rings. The van der Waals surface area contributed by atoms with Gasteiger partial charge in [-0.05, 0) is 13.8 Å². The van der Waals surface area contributed by atoms with Gasteiger partial charge in [0.1, 0.15) is 0 Å². The van der Waals surface area contributed by atoms with Crippen molar-refractivity contribution in [2.24, 2.45) is 11.7 Å². The van der Waals surface area contributed by atoms with Crippen LogP contribution in [0.2, 0.25) is 0 Å². The summed E-state index contributed by atoms with van der Waals surface area (Å²) >= 11 is 0. The van der Waals surface area contributed by atoms with Crippen LogP contribution in [0.4, 0.5) is 0 Å². The second-order valence-corrected chi connectivity index (χ2v) is 3.45. The summed E-state index contributed by atoms with van der Waals surface area (Å²) in [7, 11) is 0. The molecule has 0 aromatic rings. The molecule has 0 rings (SSSR count). The van der Waals surface area contributed by atoms with Gasteiger partial charge in [0.15, 0.2) is 0 Å². The van der Waals surface area contributed by atoms with Crippen molar-refractivity contribution in [1.29, 1.82) is 0 Å². The van der Waals surface area contributed by atoms with Gasteiger partial charge in [-0.2, -0.15) is 0 Å². The highest BCUT2D eigenvalue weighted by molar-refractivity contribution is 5.78. The number of amides is 1. The Morgan fingerprint density at radius 1 is 1.62 bits per heavy atom. The molecule has 0 heterocycles. The molecule has 0 aliphatic heterocycles. The Bertz CT molecular complexity index is 189. The van der Waals surface area contributed by atoms with Crippen molar-refractivity contribution in [3.8, 4) is 0 Å². The van der Waals surface area contributed by atoms with E-state index in [0.717, 1.165) is 12.1 Å². The molecule has 76 valence electrons. The molecular weight excluding hydrogens is 164 g/mol. The van der Waals surface area contributed by atoms with Gasteiger partial charge in [0.05, 0.1) is 0 Å². The first-order valence-corrected chi connectivity index (χ1v) is 4.66. The van der Waals surface area contributed by atoms with Crippen LogP contribution in [0.1, 0.15) is 20.8 Å². The zero-order valence-electron chi connectivity index (χ0n) is 8.84. The van der Waals surface area contributed by atoms with Crippen molar-refractivity contribution in [3.63, 3.8) is 0 Å². The molecule has 0 aromatic heterocycles. The summed E-state index contributed by atoms with van der Waals surface area (Å²) < 4.78 is 0. The van der Waals surface area contributed by atoms with E-state index in [2.05, 4.69) is 6.58 Å². The van der Waals surface area contributed by atoms with E-state index in [1.807, 2.05) is 20.8 Å². The molecule has 0 saturated carbocycles. The Morgan fingerprint density at radius 3 is 2.46 bits per heavy atom. The Balaban J connectivity index is 4.22. The average molecular weight is 184 g/mol. The zero-order valence-corrected chi connectivity index (χ0v) is 8.84. The van der Waals surface area contributed by atoms with E-state index in [-0.39, 0.29) is 11.8 Å². The van der Waals surface area contributed by atoms with Gasteiger partial charge in [-0.3, -0.25) is 4.79 Å². The van der Waals surface area contributed by atoms with Gasteiger partial charge in [-0.25, -0.2) is 0 Å². The van der Waals surface area contributed by atoms with Crippen LogP contribution in [-0.4, -0.2) is 30.4 Å². The molecule has 3 heteroatoms. The van der Waals surface area contributed by atoms with Crippen molar-refractivity contribution in [3.05, 3.63) is 12.2 Å². The molecule has 13 heavy (non-hydrogen) atoms. The van der Waals surface area contributed by atoms with E-state index in [0.29, 0.717) is 13.1 Å². The van der Waals surface area contributed by atoms with Crippen LogP contribution < -0.4 is 5.73 Å². The van der Waals surface area contributed by atoms with Gasteiger partial charge < -0.3 is 10.6 Å². The van der Waals surface area contributed by atoms with Crippen LogP contribution in [0, 0.1) is 5.92 Å². The molecule has 1 atom stereocenters. The Morgan fingerprint density at radius 2 is 2.15 bits per heavy atom. The molecule has 0 radical (unpaired) electrons. The van der Waals surface area contributed by atoms with Crippen molar-refractivity contribution in [2.45, 2.75) is 20.8 Å². The second-order valence-electron chi connectivity index (χ2n) is 3.45. The molecule has 0 saturated heterocycles. The van der Waals surface area contributed by atoms with E-state index in [1.165, 1.54) is 0 Å². The van der Waals surface area contributed by atoms with E-state index in [4.69, 9.17) is 5.73 Å². The average Bonchev–Trinajstić information content (AvgIpc) is 2.11.